The minimum Gasteiger partial charge on any atom is -0.310 e. The van der Waals surface area contributed by atoms with Gasteiger partial charge in [0.15, 0.2) is 0 Å². The van der Waals surface area contributed by atoms with Gasteiger partial charge in [-0.05, 0) is 45.7 Å². The first kappa shape index (κ1) is 14.5. The molecule has 0 aliphatic carbocycles. The van der Waals surface area contributed by atoms with Crippen LogP contribution in [-0.4, -0.2) is 40.8 Å². The van der Waals surface area contributed by atoms with Gasteiger partial charge < -0.3 is 10.2 Å². The van der Waals surface area contributed by atoms with E-state index in [0.29, 0.717) is 6.04 Å². The summed E-state index contributed by atoms with van der Waals surface area (Å²) >= 11 is 0. The van der Waals surface area contributed by atoms with Crippen LogP contribution >= 0.6 is 0 Å². The number of nitrogens with one attached hydrogen (secondary N) is 2. The first-order valence-corrected chi connectivity index (χ1v) is 7.52. The fourth-order valence-electron chi connectivity index (χ4n) is 2.92. The number of hydrogen-bond acceptors (Lipinski definition) is 3. The van der Waals surface area contributed by atoms with E-state index < -0.39 is 0 Å². The topological polar surface area (TPSA) is 44.0 Å². The second kappa shape index (κ2) is 6.53. The van der Waals surface area contributed by atoms with Gasteiger partial charge >= 0.3 is 0 Å². The minimum atomic E-state index is 0.664. The SMILES string of the molecule is Cc1n[nH]c(C)c1CNC1CCN(CC(C)C)CC1. The van der Waals surface area contributed by atoms with Crippen molar-refractivity contribution in [3.8, 4) is 0 Å². The molecule has 2 rings (SSSR count). The van der Waals surface area contributed by atoms with E-state index in [1.165, 1.54) is 43.7 Å². The lowest BCUT2D eigenvalue weighted by atomic mass is 10.0. The van der Waals surface area contributed by atoms with Gasteiger partial charge in [0.2, 0.25) is 0 Å². The third-order valence-corrected chi connectivity index (χ3v) is 4.06. The molecule has 1 aliphatic heterocycles. The summed E-state index contributed by atoms with van der Waals surface area (Å²) in [6.45, 7) is 13.4. The van der Waals surface area contributed by atoms with Crippen molar-refractivity contribution < 1.29 is 0 Å². The molecule has 19 heavy (non-hydrogen) atoms. The van der Waals surface area contributed by atoms with E-state index in [-0.39, 0.29) is 0 Å². The fraction of sp³-hybridized carbons (Fsp3) is 0.800. The van der Waals surface area contributed by atoms with Gasteiger partial charge in [-0.15, -0.1) is 0 Å². The van der Waals surface area contributed by atoms with Crippen molar-refractivity contribution in [3.63, 3.8) is 0 Å². The predicted molar refractivity (Wildman–Crippen MR) is 79.2 cm³/mol. The summed E-state index contributed by atoms with van der Waals surface area (Å²) in [7, 11) is 0. The number of aryl methyl sites for hydroxylation is 2. The van der Waals surface area contributed by atoms with Crippen molar-refractivity contribution in [2.24, 2.45) is 5.92 Å². The third-order valence-electron chi connectivity index (χ3n) is 4.06. The first-order valence-electron chi connectivity index (χ1n) is 7.52. The molecule has 4 heteroatoms. The molecular formula is C15H28N4. The fourth-order valence-corrected chi connectivity index (χ4v) is 2.92. The minimum absolute atomic E-state index is 0.664. The summed E-state index contributed by atoms with van der Waals surface area (Å²) < 4.78 is 0. The highest BCUT2D eigenvalue weighted by atomic mass is 15.1. The van der Waals surface area contributed by atoms with Crippen molar-refractivity contribution >= 4 is 0 Å². The zero-order valence-electron chi connectivity index (χ0n) is 12.8. The summed E-state index contributed by atoms with van der Waals surface area (Å²) in [6.07, 6.45) is 2.53. The highest BCUT2D eigenvalue weighted by Gasteiger charge is 2.19. The van der Waals surface area contributed by atoms with Crippen LogP contribution < -0.4 is 5.32 Å². The Bertz CT molecular complexity index is 369. The zero-order valence-corrected chi connectivity index (χ0v) is 12.8. The van der Waals surface area contributed by atoms with Crippen LogP contribution in [0.15, 0.2) is 0 Å². The average molecular weight is 264 g/mol. The Morgan fingerprint density at radius 1 is 1.32 bits per heavy atom. The van der Waals surface area contributed by atoms with Crippen LogP contribution in [0, 0.1) is 19.8 Å². The molecule has 1 aromatic rings. The van der Waals surface area contributed by atoms with Gasteiger partial charge in [-0.2, -0.15) is 5.10 Å². The van der Waals surface area contributed by atoms with Crippen LogP contribution in [0.5, 0.6) is 0 Å². The summed E-state index contributed by atoms with van der Waals surface area (Å²) in [5, 5.41) is 11.0. The molecule has 0 amide bonds. The van der Waals surface area contributed by atoms with Gasteiger partial charge in [0.25, 0.3) is 0 Å². The smallest absolute Gasteiger partial charge is 0.0638 e. The maximum absolute atomic E-state index is 4.25. The summed E-state index contributed by atoms with van der Waals surface area (Å²) in [4.78, 5) is 2.59. The van der Waals surface area contributed by atoms with Crippen LogP contribution in [0.3, 0.4) is 0 Å². The van der Waals surface area contributed by atoms with E-state index in [1.807, 2.05) is 0 Å². The van der Waals surface area contributed by atoms with Gasteiger partial charge in [0, 0.05) is 30.4 Å². The highest BCUT2D eigenvalue weighted by molar-refractivity contribution is 5.22. The molecule has 1 saturated heterocycles. The number of hydrogen-bond donors (Lipinski definition) is 2. The quantitative estimate of drug-likeness (QED) is 0.857. The molecule has 1 aliphatic rings. The normalized spacial score (nSPS) is 18.4. The Hall–Kier alpha value is -0.870. The Labute approximate surface area is 117 Å². The maximum atomic E-state index is 4.25. The average Bonchev–Trinajstić information content (AvgIpc) is 2.68. The maximum Gasteiger partial charge on any atom is 0.0638 e. The number of rotatable bonds is 5. The first-order chi connectivity index (χ1) is 9.06. The molecule has 0 aromatic carbocycles. The van der Waals surface area contributed by atoms with E-state index >= 15 is 0 Å². The number of likely N-dealkylation sites (tertiary alicyclic amines) is 1. The molecule has 0 unspecified atom stereocenters. The number of nitrogens with zero attached hydrogens (tertiary/aromatic N) is 2. The largest absolute Gasteiger partial charge is 0.310 e. The molecule has 2 heterocycles. The molecule has 2 N–H and O–H groups in total. The molecule has 0 spiro atoms. The van der Waals surface area contributed by atoms with Crippen molar-refractivity contribution in [3.05, 3.63) is 17.0 Å². The monoisotopic (exact) mass is 264 g/mol. The van der Waals surface area contributed by atoms with Crippen LogP contribution in [0.25, 0.3) is 0 Å². The second-order valence-electron chi connectivity index (χ2n) is 6.26. The number of piperidine rings is 1. The van der Waals surface area contributed by atoms with Gasteiger partial charge in [-0.1, -0.05) is 13.8 Å². The molecule has 108 valence electrons. The zero-order chi connectivity index (χ0) is 13.8. The van der Waals surface area contributed by atoms with E-state index in [9.17, 15) is 0 Å². The molecule has 0 radical (unpaired) electrons. The molecular weight excluding hydrogens is 236 g/mol. The van der Waals surface area contributed by atoms with Gasteiger partial charge in [0.1, 0.15) is 0 Å². The summed E-state index contributed by atoms with van der Waals surface area (Å²) in [5.74, 6) is 0.778. The third kappa shape index (κ3) is 4.05. The van der Waals surface area contributed by atoms with E-state index in [4.69, 9.17) is 0 Å². The molecule has 1 aromatic heterocycles. The van der Waals surface area contributed by atoms with Crippen LogP contribution in [0.1, 0.15) is 43.6 Å². The van der Waals surface area contributed by atoms with Crippen LogP contribution in [0.4, 0.5) is 0 Å². The standard InChI is InChI=1S/C15H28N4/c1-11(2)10-19-7-5-14(6-8-19)16-9-15-12(3)17-18-13(15)4/h11,14,16H,5-10H2,1-4H3,(H,17,18). The van der Waals surface area contributed by atoms with Crippen LogP contribution in [0.2, 0.25) is 0 Å². The molecule has 4 nitrogen and oxygen atoms in total. The van der Waals surface area contributed by atoms with E-state index in [2.05, 4.69) is 48.1 Å². The van der Waals surface area contributed by atoms with E-state index in [0.717, 1.165) is 18.2 Å². The Balaban J connectivity index is 1.74. The Morgan fingerprint density at radius 3 is 2.53 bits per heavy atom. The second-order valence-corrected chi connectivity index (χ2v) is 6.26. The van der Waals surface area contributed by atoms with Crippen molar-refractivity contribution in [2.75, 3.05) is 19.6 Å². The van der Waals surface area contributed by atoms with E-state index in [1.54, 1.807) is 0 Å². The lowest BCUT2D eigenvalue weighted by Gasteiger charge is -2.33. The van der Waals surface area contributed by atoms with Crippen molar-refractivity contribution in [2.45, 2.75) is 53.1 Å². The highest BCUT2D eigenvalue weighted by Crippen LogP contribution is 2.14. The number of aromatic amines is 1. The number of aromatic nitrogens is 2. The summed E-state index contributed by atoms with van der Waals surface area (Å²) in [5.41, 5.74) is 3.66. The van der Waals surface area contributed by atoms with Gasteiger partial charge in [-0.25, -0.2) is 0 Å². The number of H-pyrrole nitrogens is 1. The van der Waals surface area contributed by atoms with Gasteiger partial charge in [0.05, 0.1) is 5.69 Å². The van der Waals surface area contributed by atoms with Crippen LogP contribution in [-0.2, 0) is 6.54 Å². The molecule has 0 saturated carbocycles. The Kier molecular flexibility index (Phi) is 4.99. The molecule has 0 atom stereocenters. The lowest BCUT2D eigenvalue weighted by molar-refractivity contribution is 0.179. The van der Waals surface area contributed by atoms with Crippen molar-refractivity contribution in [1.29, 1.82) is 0 Å². The molecule has 1 fully saturated rings. The molecule has 0 bridgehead atoms. The predicted octanol–water partition coefficient (Wildman–Crippen LogP) is 2.24. The van der Waals surface area contributed by atoms with Crippen molar-refractivity contribution in [1.82, 2.24) is 20.4 Å². The van der Waals surface area contributed by atoms with Gasteiger partial charge in [-0.3, -0.25) is 5.10 Å². The summed E-state index contributed by atoms with van der Waals surface area (Å²) in [6, 6.07) is 0.664. The lowest BCUT2D eigenvalue weighted by Crippen LogP contribution is -2.43. The Morgan fingerprint density at radius 2 is 2.00 bits per heavy atom.